The Morgan fingerprint density at radius 2 is 1.12 bits per heavy atom. The Bertz CT molecular complexity index is 719. The highest BCUT2D eigenvalue weighted by molar-refractivity contribution is 5.48. The van der Waals surface area contributed by atoms with Gasteiger partial charge in [-0.05, 0) is 71.8 Å². The smallest absolute Gasteiger partial charge is 0.125 e. The number of aryl methyl sites for hydroxylation is 4. The Labute approximate surface area is 158 Å². The van der Waals surface area contributed by atoms with Crippen molar-refractivity contribution in [3.05, 3.63) is 58.1 Å². The maximum Gasteiger partial charge on any atom is 0.125 e. The molecule has 0 amide bonds. The van der Waals surface area contributed by atoms with Crippen LogP contribution in [0.1, 0.15) is 61.4 Å². The summed E-state index contributed by atoms with van der Waals surface area (Å²) in [7, 11) is 3.62. The second kappa shape index (κ2) is 7.73. The predicted molar refractivity (Wildman–Crippen MR) is 109 cm³/mol. The number of hydrogen-bond donors (Lipinski definition) is 0. The van der Waals surface area contributed by atoms with Gasteiger partial charge in [0.2, 0.25) is 0 Å². The minimum absolute atomic E-state index is 0.153. The van der Waals surface area contributed by atoms with Crippen LogP contribution < -0.4 is 9.47 Å². The molecule has 4 bridgehead atoms. The molecule has 0 fully saturated rings. The molecule has 1 aliphatic rings. The van der Waals surface area contributed by atoms with Gasteiger partial charge in [0.15, 0.2) is 0 Å². The fourth-order valence-electron chi connectivity index (χ4n) is 4.05. The van der Waals surface area contributed by atoms with Crippen molar-refractivity contribution in [1.29, 1.82) is 0 Å². The molecule has 0 saturated heterocycles. The summed E-state index contributed by atoms with van der Waals surface area (Å²) in [5.41, 5.74) is 6.93. The van der Waals surface area contributed by atoms with Gasteiger partial charge in [0, 0.05) is 0 Å². The number of ether oxygens (including phenoxy) is 2. The summed E-state index contributed by atoms with van der Waals surface area (Å²) in [5, 5.41) is 0. The van der Waals surface area contributed by atoms with Crippen LogP contribution in [0.2, 0.25) is 0 Å². The fraction of sp³-hybridized carbons (Fsp3) is 0.500. The summed E-state index contributed by atoms with van der Waals surface area (Å²) in [4.78, 5) is 0. The molecule has 1 aliphatic carbocycles. The Kier molecular flexibility index (Phi) is 5.60. The summed E-state index contributed by atoms with van der Waals surface area (Å²) in [6, 6.07) is 11.3. The average molecular weight is 353 g/mol. The molecule has 2 heteroatoms. The SMILES string of the molecule is COc1c2cccc1CCCc1cc(C(C)(C)C)cc(c1OC)CCC2. The van der Waals surface area contributed by atoms with Crippen molar-refractivity contribution >= 4 is 0 Å². The lowest BCUT2D eigenvalue weighted by Gasteiger charge is -2.24. The van der Waals surface area contributed by atoms with Gasteiger partial charge in [0.1, 0.15) is 11.5 Å². The topological polar surface area (TPSA) is 18.5 Å². The van der Waals surface area contributed by atoms with Crippen LogP contribution in [-0.4, -0.2) is 14.2 Å². The van der Waals surface area contributed by atoms with Crippen molar-refractivity contribution in [3.8, 4) is 11.5 Å². The average Bonchev–Trinajstić information content (AvgIpc) is 2.60. The van der Waals surface area contributed by atoms with Gasteiger partial charge in [-0.25, -0.2) is 0 Å². The monoisotopic (exact) mass is 352 g/mol. The molecule has 0 aliphatic heterocycles. The zero-order valence-corrected chi connectivity index (χ0v) is 16.9. The molecule has 3 rings (SSSR count). The summed E-state index contributed by atoms with van der Waals surface area (Å²) in [6.07, 6.45) is 6.35. The van der Waals surface area contributed by atoms with Crippen LogP contribution in [0.25, 0.3) is 0 Å². The second-order valence-corrected chi connectivity index (χ2v) is 8.39. The van der Waals surface area contributed by atoms with Crippen molar-refractivity contribution < 1.29 is 9.47 Å². The van der Waals surface area contributed by atoms with Crippen LogP contribution in [0.5, 0.6) is 11.5 Å². The first-order chi connectivity index (χ1) is 12.4. The zero-order valence-electron chi connectivity index (χ0n) is 16.9. The molecule has 2 aromatic carbocycles. The molecule has 0 heterocycles. The van der Waals surface area contributed by atoms with E-state index >= 15 is 0 Å². The van der Waals surface area contributed by atoms with E-state index in [2.05, 4.69) is 51.1 Å². The van der Waals surface area contributed by atoms with Gasteiger partial charge in [0.25, 0.3) is 0 Å². The Hall–Kier alpha value is -1.96. The second-order valence-electron chi connectivity index (χ2n) is 8.39. The lowest BCUT2D eigenvalue weighted by molar-refractivity contribution is 0.397. The van der Waals surface area contributed by atoms with Gasteiger partial charge in [-0.1, -0.05) is 51.1 Å². The van der Waals surface area contributed by atoms with E-state index < -0.39 is 0 Å². The van der Waals surface area contributed by atoms with Gasteiger partial charge in [-0.15, -0.1) is 0 Å². The Balaban J connectivity index is 2.01. The van der Waals surface area contributed by atoms with E-state index in [9.17, 15) is 0 Å². The molecule has 2 aromatic rings. The Morgan fingerprint density at radius 3 is 1.54 bits per heavy atom. The molecular formula is C24H32O2. The van der Waals surface area contributed by atoms with Crippen LogP contribution >= 0.6 is 0 Å². The first-order valence-electron chi connectivity index (χ1n) is 9.79. The van der Waals surface area contributed by atoms with Crippen LogP contribution in [0.3, 0.4) is 0 Å². The molecule has 140 valence electrons. The summed E-state index contributed by atoms with van der Waals surface area (Å²) < 4.78 is 11.6. The summed E-state index contributed by atoms with van der Waals surface area (Å²) in [6.45, 7) is 6.88. The van der Waals surface area contributed by atoms with E-state index in [-0.39, 0.29) is 5.41 Å². The third-order valence-corrected chi connectivity index (χ3v) is 5.48. The molecular weight excluding hydrogens is 320 g/mol. The summed E-state index contributed by atoms with van der Waals surface area (Å²) in [5.74, 6) is 2.20. The van der Waals surface area contributed by atoms with E-state index in [0.29, 0.717) is 0 Å². The van der Waals surface area contributed by atoms with Gasteiger partial charge in [-0.2, -0.15) is 0 Å². The van der Waals surface area contributed by atoms with Crippen LogP contribution in [0.15, 0.2) is 30.3 Å². The third kappa shape index (κ3) is 3.90. The molecule has 0 unspecified atom stereocenters. The third-order valence-electron chi connectivity index (χ3n) is 5.48. The first kappa shape index (κ1) is 18.8. The fourth-order valence-corrected chi connectivity index (χ4v) is 4.05. The number of hydrogen-bond acceptors (Lipinski definition) is 2. The first-order valence-corrected chi connectivity index (χ1v) is 9.79. The molecule has 0 radical (unpaired) electrons. The highest BCUT2D eigenvalue weighted by Gasteiger charge is 2.20. The molecule has 0 atom stereocenters. The molecule has 26 heavy (non-hydrogen) atoms. The van der Waals surface area contributed by atoms with Gasteiger partial charge in [-0.3, -0.25) is 0 Å². The van der Waals surface area contributed by atoms with Crippen molar-refractivity contribution in [2.45, 2.75) is 64.7 Å². The highest BCUT2D eigenvalue weighted by atomic mass is 16.5. The van der Waals surface area contributed by atoms with Gasteiger partial charge < -0.3 is 9.47 Å². The molecule has 0 N–H and O–H groups in total. The maximum absolute atomic E-state index is 5.86. The number of methoxy groups -OCH3 is 2. The molecule has 0 spiro atoms. The Morgan fingerprint density at radius 1 is 0.692 bits per heavy atom. The van der Waals surface area contributed by atoms with E-state index in [4.69, 9.17) is 9.47 Å². The quantitative estimate of drug-likeness (QED) is 0.694. The van der Waals surface area contributed by atoms with E-state index in [1.807, 2.05) is 7.11 Å². The lowest BCUT2D eigenvalue weighted by Crippen LogP contribution is -2.13. The maximum atomic E-state index is 5.86. The standard InChI is InChI=1S/C24H32O2/c1-24(2,3)21-15-19-13-7-11-17-9-6-10-18(22(17)25-4)12-8-14-20(16-21)23(19)26-5/h6,9-10,15-16H,7-8,11-14H2,1-5H3. The predicted octanol–water partition coefficient (Wildman–Crippen LogP) is 5.67. The van der Waals surface area contributed by atoms with Gasteiger partial charge in [0.05, 0.1) is 14.2 Å². The normalized spacial score (nSPS) is 15.0. The van der Waals surface area contributed by atoms with E-state index in [0.717, 1.165) is 50.0 Å². The summed E-state index contributed by atoms with van der Waals surface area (Å²) >= 11 is 0. The lowest BCUT2D eigenvalue weighted by atomic mass is 9.83. The minimum Gasteiger partial charge on any atom is -0.496 e. The van der Waals surface area contributed by atoms with E-state index in [1.165, 1.54) is 27.8 Å². The molecule has 2 nitrogen and oxygen atoms in total. The molecule has 0 saturated carbocycles. The highest BCUT2D eigenvalue weighted by Crippen LogP contribution is 2.35. The number of rotatable bonds is 2. The van der Waals surface area contributed by atoms with Crippen LogP contribution in [0, 0.1) is 0 Å². The zero-order chi connectivity index (χ0) is 18.7. The van der Waals surface area contributed by atoms with Crippen LogP contribution in [-0.2, 0) is 31.1 Å². The van der Waals surface area contributed by atoms with Crippen molar-refractivity contribution in [2.75, 3.05) is 14.2 Å². The number of benzene rings is 2. The van der Waals surface area contributed by atoms with Crippen molar-refractivity contribution in [1.82, 2.24) is 0 Å². The minimum atomic E-state index is 0.153. The van der Waals surface area contributed by atoms with Crippen molar-refractivity contribution in [3.63, 3.8) is 0 Å². The van der Waals surface area contributed by atoms with Crippen molar-refractivity contribution in [2.24, 2.45) is 0 Å². The van der Waals surface area contributed by atoms with E-state index in [1.54, 1.807) is 7.11 Å². The number of fused-ring (bicyclic) bond motifs is 4. The number of para-hydroxylation sites is 1. The molecule has 0 aromatic heterocycles. The van der Waals surface area contributed by atoms with Gasteiger partial charge >= 0.3 is 0 Å². The van der Waals surface area contributed by atoms with Crippen LogP contribution in [0.4, 0.5) is 0 Å². The largest absolute Gasteiger partial charge is 0.496 e.